The van der Waals surface area contributed by atoms with Gasteiger partial charge < -0.3 is 10.2 Å². The molecular weight excluding hydrogens is 250 g/mol. The van der Waals surface area contributed by atoms with Crippen LogP contribution >= 0.6 is 0 Å². The lowest BCUT2D eigenvalue weighted by molar-refractivity contribution is 0.0690. The standard InChI is InChI=1S/C16H25N3O/c1-4-10-17-15-7-5-6-14(18-15)16(20)19(12(2)3)11-13-8-9-13/h5-7,12-13H,4,8-11H2,1-3H3,(H,17,18). The largest absolute Gasteiger partial charge is 0.370 e. The topological polar surface area (TPSA) is 45.2 Å². The highest BCUT2D eigenvalue weighted by Crippen LogP contribution is 2.30. The summed E-state index contributed by atoms with van der Waals surface area (Å²) < 4.78 is 0. The van der Waals surface area contributed by atoms with Crippen LogP contribution in [0.4, 0.5) is 5.82 Å². The molecule has 4 nitrogen and oxygen atoms in total. The molecule has 0 atom stereocenters. The minimum Gasteiger partial charge on any atom is -0.370 e. The summed E-state index contributed by atoms with van der Waals surface area (Å²) in [5, 5.41) is 3.23. The van der Waals surface area contributed by atoms with Gasteiger partial charge in [0, 0.05) is 19.1 Å². The zero-order valence-electron chi connectivity index (χ0n) is 12.7. The van der Waals surface area contributed by atoms with Gasteiger partial charge in [0.25, 0.3) is 5.91 Å². The van der Waals surface area contributed by atoms with Gasteiger partial charge in [0.05, 0.1) is 0 Å². The molecule has 1 N–H and O–H groups in total. The molecule has 0 bridgehead atoms. The summed E-state index contributed by atoms with van der Waals surface area (Å²) in [6, 6.07) is 5.83. The van der Waals surface area contributed by atoms with Gasteiger partial charge in [-0.1, -0.05) is 13.0 Å². The van der Waals surface area contributed by atoms with Crippen LogP contribution in [0.25, 0.3) is 0 Å². The van der Waals surface area contributed by atoms with Gasteiger partial charge in [0.15, 0.2) is 0 Å². The fourth-order valence-electron chi connectivity index (χ4n) is 2.16. The molecule has 2 rings (SSSR count). The van der Waals surface area contributed by atoms with Crippen molar-refractivity contribution in [3.63, 3.8) is 0 Å². The van der Waals surface area contributed by atoms with Crippen molar-refractivity contribution in [2.45, 2.75) is 46.1 Å². The second-order valence-corrected chi connectivity index (χ2v) is 5.83. The number of carbonyl (C=O) groups is 1. The molecule has 1 heterocycles. The number of hydrogen-bond donors (Lipinski definition) is 1. The van der Waals surface area contributed by atoms with E-state index in [0.717, 1.165) is 25.3 Å². The van der Waals surface area contributed by atoms with E-state index >= 15 is 0 Å². The van der Waals surface area contributed by atoms with Gasteiger partial charge >= 0.3 is 0 Å². The average molecular weight is 275 g/mol. The van der Waals surface area contributed by atoms with Gasteiger partial charge in [-0.25, -0.2) is 4.98 Å². The summed E-state index contributed by atoms with van der Waals surface area (Å²) in [4.78, 5) is 19.0. The van der Waals surface area contributed by atoms with Crippen molar-refractivity contribution < 1.29 is 4.79 Å². The van der Waals surface area contributed by atoms with Crippen molar-refractivity contribution in [3.8, 4) is 0 Å². The number of rotatable bonds is 7. The third-order valence-electron chi connectivity index (χ3n) is 3.56. The maximum absolute atomic E-state index is 12.6. The van der Waals surface area contributed by atoms with Crippen molar-refractivity contribution in [3.05, 3.63) is 23.9 Å². The third kappa shape index (κ3) is 3.95. The van der Waals surface area contributed by atoms with Crippen molar-refractivity contribution >= 4 is 11.7 Å². The Morgan fingerprint density at radius 2 is 2.20 bits per heavy atom. The molecular formula is C16H25N3O. The van der Waals surface area contributed by atoms with Gasteiger partial charge in [0.2, 0.25) is 0 Å². The first-order chi connectivity index (χ1) is 9.61. The molecule has 20 heavy (non-hydrogen) atoms. The van der Waals surface area contributed by atoms with E-state index in [0.29, 0.717) is 11.6 Å². The van der Waals surface area contributed by atoms with Gasteiger partial charge in [-0.05, 0) is 51.2 Å². The Bertz CT molecular complexity index is 455. The van der Waals surface area contributed by atoms with E-state index in [9.17, 15) is 4.79 Å². The summed E-state index contributed by atoms with van der Waals surface area (Å²) in [5.41, 5.74) is 0.542. The molecule has 1 fully saturated rings. The number of nitrogens with zero attached hydrogens (tertiary/aromatic N) is 2. The van der Waals surface area contributed by atoms with Gasteiger partial charge in [0.1, 0.15) is 11.5 Å². The van der Waals surface area contributed by atoms with Crippen LogP contribution in [0.1, 0.15) is 50.5 Å². The predicted molar refractivity (Wildman–Crippen MR) is 81.9 cm³/mol. The van der Waals surface area contributed by atoms with E-state index < -0.39 is 0 Å². The molecule has 1 saturated carbocycles. The summed E-state index contributed by atoms with van der Waals surface area (Å²) in [6.45, 7) is 7.99. The lowest BCUT2D eigenvalue weighted by atomic mass is 10.2. The van der Waals surface area contributed by atoms with E-state index in [1.807, 2.05) is 23.1 Å². The molecule has 0 radical (unpaired) electrons. The minimum atomic E-state index is 0.0482. The molecule has 0 unspecified atom stereocenters. The Labute approximate surface area is 121 Å². The van der Waals surface area contributed by atoms with Crippen LogP contribution in [0.5, 0.6) is 0 Å². The normalized spacial score (nSPS) is 14.4. The van der Waals surface area contributed by atoms with Crippen LogP contribution in [0, 0.1) is 5.92 Å². The summed E-state index contributed by atoms with van der Waals surface area (Å²) in [6.07, 6.45) is 3.55. The second kappa shape index (κ2) is 6.73. The van der Waals surface area contributed by atoms with Crippen LogP contribution in [0.15, 0.2) is 18.2 Å². The van der Waals surface area contributed by atoms with E-state index in [2.05, 4.69) is 31.1 Å². The Hall–Kier alpha value is -1.58. The molecule has 0 saturated heterocycles. The number of carbonyl (C=O) groups excluding carboxylic acids is 1. The molecule has 4 heteroatoms. The van der Waals surface area contributed by atoms with Gasteiger partial charge in [-0.15, -0.1) is 0 Å². The average Bonchev–Trinajstić information content (AvgIpc) is 3.26. The summed E-state index contributed by atoms with van der Waals surface area (Å²) in [7, 11) is 0. The van der Waals surface area contributed by atoms with Crippen molar-refractivity contribution in [1.29, 1.82) is 0 Å². The monoisotopic (exact) mass is 275 g/mol. The van der Waals surface area contributed by atoms with Crippen molar-refractivity contribution in [2.75, 3.05) is 18.4 Å². The molecule has 1 aromatic rings. The fourth-order valence-corrected chi connectivity index (χ4v) is 2.16. The predicted octanol–water partition coefficient (Wildman–Crippen LogP) is 3.16. The smallest absolute Gasteiger partial charge is 0.272 e. The Kier molecular flexibility index (Phi) is 4.99. The first kappa shape index (κ1) is 14.8. The lowest BCUT2D eigenvalue weighted by Crippen LogP contribution is -2.39. The van der Waals surface area contributed by atoms with E-state index in [-0.39, 0.29) is 11.9 Å². The molecule has 1 aromatic heterocycles. The van der Waals surface area contributed by atoms with Gasteiger partial charge in [-0.2, -0.15) is 0 Å². The summed E-state index contributed by atoms with van der Waals surface area (Å²) in [5.74, 6) is 1.53. The molecule has 1 amide bonds. The highest BCUT2D eigenvalue weighted by atomic mass is 16.2. The van der Waals surface area contributed by atoms with Crippen LogP contribution in [-0.4, -0.2) is 34.9 Å². The van der Waals surface area contributed by atoms with Gasteiger partial charge in [-0.3, -0.25) is 4.79 Å². The van der Waals surface area contributed by atoms with E-state index in [1.54, 1.807) is 0 Å². The number of amides is 1. The highest BCUT2D eigenvalue weighted by molar-refractivity contribution is 5.92. The lowest BCUT2D eigenvalue weighted by Gasteiger charge is -2.26. The van der Waals surface area contributed by atoms with Crippen molar-refractivity contribution in [1.82, 2.24) is 9.88 Å². The molecule has 0 spiro atoms. The Morgan fingerprint density at radius 1 is 1.45 bits per heavy atom. The number of anilines is 1. The van der Waals surface area contributed by atoms with E-state index in [4.69, 9.17) is 0 Å². The number of aromatic nitrogens is 1. The minimum absolute atomic E-state index is 0.0482. The van der Waals surface area contributed by atoms with Crippen LogP contribution in [0.2, 0.25) is 0 Å². The molecule has 1 aliphatic rings. The first-order valence-electron chi connectivity index (χ1n) is 7.63. The van der Waals surface area contributed by atoms with Crippen molar-refractivity contribution in [2.24, 2.45) is 5.92 Å². The van der Waals surface area contributed by atoms with Crippen LogP contribution in [0.3, 0.4) is 0 Å². The molecule has 110 valence electrons. The van der Waals surface area contributed by atoms with E-state index in [1.165, 1.54) is 12.8 Å². The number of pyridine rings is 1. The fraction of sp³-hybridized carbons (Fsp3) is 0.625. The number of hydrogen-bond acceptors (Lipinski definition) is 3. The zero-order chi connectivity index (χ0) is 14.5. The zero-order valence-corrected chi connectivity index (χ0v) is 12.7. The second-order valence-electron chi connectivity index (χ2n) is 5.83. The van der Waals surface area contributed by atoms with Crippen LogP contribution < -0.4 is 5.32 Å². The quantitative estimate of drug-likeness (QED) is 0.831. The molecule has 0 aliphatic heterocycles. The third-order valence-corrected chi connectivity index (χ3v) is 3.56. The first-order valence-corrected chi connectivity index (χ1v) is 7.63. The summed E-state index contributed by atoms with van der Waals surface area (Å²) >= 11 is 0. The SMILES string of the molecule is CCCNc1cccc(C(=O)N(CC2CC2)C(C)C)n1. The molecule has 0 aromatic carbocycles. The Balaban J connectivity index is 2.08. The Morgan fingerprint density at radius 3 is 2.80 bits per heavy atom. The maximum atomic E-state index is 12.6. The number of nitrogens with one attached hydrogen (secondary N) is 1. The highest BCUT2D eigenvalue weighted by Gasteiger charge is 2.29. The van der Waals surface area contributed by atoms with Crippen LogP contribution in [-0.2, 0) is 0 Å². The molecule has 1 aliphatic carbocycles. The maximum Gasteiger partial charge on any atom is 0.272 e.